The molecule has 0 saturated heterocycles. The van der Waals surface area contributed by atoms with E-state index in [2.05, 4.69) is 15.4 Å². The largest absolute Gasteiger partial charge is 0.349 e. The average molecular weight is 359 g/mol. The molecule has 1 heterocycles. The maximum absolute atomic E-state index is 13.8. The highest BCUT2D eigenvalue weighted by atomic mass is 35.5. The lowest BCUT2D eigenvalue weighted by molar-refractivity contribution is -0.121. The Kier molecular flexibility index (Phi) is 5.09. The molecule has 5 nitrogen and oxygen atoms in total. The van der Waals surface area contributed by atoms with Crippen LogP contribution in [0.15, 0.2) is 55.1 Å². The van der Waals surface area contributed by atoms with Gasteiger partial charge in [0.2, 0.25) is 5.91 Å². The first-order valence-electron chi connectivity index (χ1n) is 7.72. The summed E-state index contributed by atoms with van der Waals surface area (Å²) in [5.74, 6) is -0.771. The Balaban J connectivity index is 1.65. The molecule has 0 spiro atoms. The molecule has 0 aliphatic carbocycles. The fourth-order valence-corrected chi connectivity index (χ4v) is 2.72. The molecule has 3 rings (SSSR count). The van der Waals surface area contributed by atoms with Crippen molar-refractivity contribution in [1.82, 2.24) is 20.1 Å². The fourth-order valence-electron chi connectivity index (χ4n) is 2.49. The highest BCUT2D eigenvalue weighted by Gasteiger charge is 2.14. The van der Waals surface area contributed by atoms with Gasteiger partial charge in [0.15, 0.2) is 0 Å². The van der Waals surface area contributed by atoms with E-state index in [-0.39, 0.29) is 29.0 Å². The Morgan fingerprint density at radius 2 is 2.04 bits per heavy atom. The predicted octanol–water partition coefficient (Wildman–Crippen LogP) is 3.48. The highest BCUT2D eigenvalue weighted by molar-refractivity contribution is 6.31. The minimum Gasteiger partial charge on any atom is -0.349 e. The summed E-state index contributed by atoms with van der Waals surface area (Å²) in [6, 6.07) is 11.7. The van der Waals surface area contributed by atoms with Crippen molar-refractivity contribution in [2.24, 2.45) is 0 Å². The van der Waals surface area contributed by atoms with Gasteiger partial charge in [-0.1, -0.05) is 29.8 Å². The molecule has 1 amide bonds. The molecule has 25 heavy (non-hydrogen) atoms. The van der Waals surface area contributed by atoms with Gasteiger partial charge >= 0.3 is 0 Å². The zero-order valence-corrected chi connectivity index (χ0v) is 14.2. The predicted molar refractivity (Wildman–Crippen MR) is 93.0 cm³/mol. The minimum atomic E-state index is -0.479. The Bertz CT molecular complexity index is 845. The number of carbonyl (C=O) groups excluding carboxylic acids is 1. The zero-order valence-electron chi connectivity index (χ0n) is 13.5. The summed E-state index contributed by atoms with van der Waals surface area (Å²) in [5.41, 5.74) is 2.00. The Morgan fingerprint density at radius 3 is 2.68 bits per heavy atom. The number of nitrogens with zero attached hydrogens (tertiary/aromatic N) is 3. The van der Waals surface area contributed by atoms with Crippen LogP contribution in [0.1, 0.15) is 24.1 Å². The SMILES string of the molecule is CC(NC(=O)Cc1c(F)cccc1Cl)c1ccc(-n2cncn2)cc1. The van der Waals surface area contributed by atoms with Crippen molar-refractivity contribution >= 4 is 17.5 Å². The number of carbonyl (C=O) groups is 1. The first-order chi connectivity index (χ1) is 12.0. The van der Waals surface area contributed by atoms with Gasteiger partial charge in [-0.15, -0.1) is 0 Å². The van der Waals surface area contributed by atoms with E-state index < -0.39 is 5.82 Å². The molecule has 0 saturated carbocycles. The molecular formula is C18H16ClFN4O. The molecule has 1 unspecified atom stereocenters. The molecule has 3 aromatic rings. The van der Waals surface area contributed by atoms with Crippen LogP contribution in [-0.2, 0) is 11.2 Å². The summed E-state index contributed by atoms with van der Waals surface area (Å²) >= 11 is 5.96. The molecule has 2 aromatic carbocycles. The van der Waals surface area contributed by atoms with E-state index in [0.717, 1.165) is 11.3 Å². The van der Waals surface area contributed by atoms with Crippen LogP contribution in [0.4, 0.5) is 4.39 Å². The Labute approximate surface area is 149 Å². The Hall–Kier alpha value is -2.73. The number of hydrogen-bond donors (Lipinski definition) is 1. The topological polar surface area (TPSA) is 59.8 Å². The molecular weight excluding hydrogens is 343 g/mol. The van der Waals surface area contributed by atoms with Crippen LogP contribution in [0.3, 0.4) is 0 Å². The van der Waals surface area contributed by atoms with E-state index in [4.69, 9.17) is 11.6 Å². The van der Waals surface area contributed by atoms with Crippen molar-refractivity contribution in [3.8, 4) is 5.69 Å². The lowest BCUT2D eigenvalue weighted by Crippen LogP contribution is -2.28. The summed E-state index contributed by atoms with van der Waals surface area (Å²) in [5, 5.41) is 7.16. The summed E-state index contributed by atoms with van der Waals surface area (Å²) in [6.07, 6.45) is 2.97. The second kappa shape index (κ2) is 7.44. The quantitative estimate of drug-likeness (QED) is 0.759. The molecule has 0 aliphatic heterocycles. The Morgan fingerprint density at radius 1 is 1.28 bits per heavy atom. The average Bonchev–Trinajstić information content (AvgIpc) is 3.13. The van der Waals surface area contributed by atoms with Crippen LogP contribution in [0.2, 0.25) is 5.02 Å². The number of hydrogen-bond acceptors (Lipinski definition) is 3. The number of rotatable bonds is 5. The first-order valence-corrected chi connectivity index (χ1v) is 8.09. The van der Waals surface area contributed by atoms with Crippen molar-refractivity contribution < 1.29 is 9.18 Å². The normalized spacial score (nSPS) is 12.0. The lowest BCUT2D eigenvalue weighted by atomic mass is 10.1. The molecule has 1 atom stereocenters. The van der Waals surface area contributed by atoms with Gasteiger partial charge in [0, 0.05) is 10.6 Å². The van der Waals surface area contributed by atoms with Gasteiger partial charge in [0.05, 0.1) is 18.2 Å². The monoisotopic (exact) mass is 358 g/mol. The summed E-state index contributed by atoms with van der Waals surface area (Å²) in [7, 11) is 0. The van der Waals surface area contributed by atoms with Crippen LogP contribution in [0.5, 0.6) is 0 Å². The molecule has 0 aliphatic rings. The molecule has 1 N–H and O–H groups in total. The highest BCUT2D eigenvalue weighted by Crippen LogP contribution is 2.20. The van der Waals surface area contributed by atoms with E-state index >= 15 is 0 Å². The molecule has 0 fully saturated rings. The third kappa shape index (κ3) is 4.03. The van der Waals surface area contributed by atoms with Crippen LogP contribution in [0, 0.1) is 5.82 Å². The minimum absolute atomic E-state index is 0.104. The summed E-state index contributed by atoms with van der Waals surface area (Å²) in [4.78, 5) is 16.1. The van der Waals surface area contributed by atoms with E-state index in [9.17, 15) is 9.18 Å². The van der Waals surface area contributed by atoms with Crippen LogP contribution < -0.4 is 5.32 Å². The number of benzene rings is 2. The fraction of sp³-hybridized carbons (Fsp3) is 0.167. The van der Waals surface area contributed by atoms with E-state index in [1.165, 1.54) is 18.5 Å². The third-order valence-electron chi connectivity index (χ3n) is 3.85. The van der Waals surface area contributed by atoms with Crippen molar-refractivity contribution in [2.45, 2.75) is 19.4 Å². The second-order valence-electron chi connectivity index (χ2n) is 5.60. The standard InChI is InChI=1S/C18H16ClFN4O/c1-12(13-5-7-14(8-6-13)24-11-21-10-22-24)23-18(25)9-15-16(19)3-2-4-17(15)20/h2-8,10-12H,9H2,1H3,(H,23,25). The van der Waals surface area contributed by atoms with Gasteiger partial charge in [-0.2, -0.15) is 5.10 Å². The van der Waals surface area contributed by atoms with Gasteiger partial charge in [0.1, 0.15) is 18.5 Å². The van der Waals surface area contributed by atoms with Crippen molar-refractivity contribution in [3.05, 3.63) is 77.1 Å². The van der Waals surface area contributed by atoms with Crippen molar-refractivity contribution in [1.29, 1.82) is 0 Å². The molecule has 7 heteroatoms. The van der Waals surface area contributed by atoms with Crippen LogP contribution >= 0.6 is 11.6 Å². The van der Waals surface area contributed by atoms with Gasteiger partial charge in [-0.3, -0.25) is 4.79 Å². The van der Waals surface area contributed by atoms with Crippen molar-refractivity contribution in [2.75, 3.05) is 0 Å². The number of halogens is 2. The molecule has 1 aromatic heterocycles. The molecule has 0 radical (unpaired) electrons. The summed E-state index contributed by atoms with van der Waals surface area (Å²) < 4.78 is 15.4. The number of amides is 1. The van der Waals surface area contributed by atoms with E-state index in [0.29, 0.717) is 0 Å². The third-order valence-corrected chi connectivity index (χ3v) is 4.21. The lowest BCUT2D eigenvalue weighted by Gasteiger charge is -2.15. The van der Waals surface area contributed by atoms with Gasteiger partial charge in [-0.25, -0.2) is 14.1 Å². The second-order valence-corrected chi connectivity index (χ2v) is 6.00. The number of aromatic nitrogens is 3. The van der Waals surface area contributed by atoms with Gasteiger partial charge in [-0.05, 0) is 36.8 Å². The van der Waals surface area contributed by atoms with Gasteiger partial charge < -0.3 is 5.32 Å². The van der Waals surface area contributed by atoms with Gasteiger partial charge in [0.25, 0.3) is 0 Å². The number of nitrogens with one attached hydrogen (secondary N) is 1. The zero-order chi connectivity index (χ0) is 17.8. The molecule has 0 bridgehead atoms. The van der Waals surface area contributed by atoms with Crippen molar-refractivity contribution in [3.63, 3.8) is 0 Å². The van der Waals surface area contributed by atoms with Crippen LogP contribution in [-0.4, -0.2) is 20.7 Å². The molecule has 128 valence electrons. The van der Waals surface area contributed by atoms with E-state index in [1.807, 2.05) is 31.2 Å². The maximum Gasteiger partial charge on any atom is 0.225 e. The summed E-state index contributed by atoms with van der Waals surface area (Å²) in [6.45, 7) is 1.87. The van der Waals surface area contributed by atoms with Crippen LogP contribution in [0.25, 0.3) is 5.69 Å². The maximum atomic E-state index is 13.8. The first kappa shape index (κ1) is 17.1. The van der Waals surface area contributed by atoms with E-state index in [1.54, 1.807) is 17.1 Å². The smallest absolute Gasteiger partial charge is 0.225 e.